The molecule has 0 bridgehead atoms. The van der Waals surface area contributed by atoms with E-state index < -0.39 is 6.10 Å². The molecule has 7 heteroatoms. The van der Waals surface area contributed by atoms with Gasteiger partial charge in [0.05, 0.1) is 5.71 Å². The molecule has 1 aromatic rings. The zero-order valence-electron chi connectivity index (χ0n) is 17.2. The van der Waals surface area contributed by atoms with Gasteiger partial charge in [0, 0.05) is 32.5 Å². The third-order valence-electron chi connectivity index (χ3n) is 5.74. The summed E-state index contributed by atoms with van der Waals surface area (Å²) in [5.41, 5.74) is 1.83. The number of amides is 2. The van der Waals surface area contributed by atoms with Crippen molar-refractivity contribution < 1.29 is 18.8 Å². The lowest BCUT2D eigenvalue weighted by Crippen LogP contribution is -2.44. The van der Waals surface area contributed by atoms with E-state index in [-0.39, 0.29) is 17.6 Å². The first kappa shape index (κ1) is 21.3. The third kappa shape index (κ3) is 6.02. The van der Waals surface area contributed by atoms with E-state index in [9.17, 15) is 14.0 Å². The average Bonchev–Trinajstić information content (AvgIpc) is 3.22. The molecule has 0 saturated carbocycles. The Morgan fingerprint density at radius 2 is 1.93 bits per heavy atom. The summed E-state index contributed by atoms with van der Waals surface area (Å²) in [6, 6.07) is 6.13. The zero-order chi connectivity index (χ0) is 20.8. The second-order valence-corrected chi connectivity index (χ2v) is 8.25. The number of hydrogen-bond acceptors (Lipinski definition) is 4. The number of nitrogens with one attached hydrogen (secondary N) is 1. The van der Waals surface area contributed by atoms with Crippen LogP contribution in [0.4, 0.5) is 4.39 Å². The van der Waals surface area contributed by atoms with Crippen LogP contribution in [0, 0.1) is 17.7 Å². The van der Waals surface area contributed by atoms with Crippen molar-refractivity contribution in [2.45, 2.75) is 58.6 Å². The number of carbonyl (C=O) groups excluding carboxylic acids is 2. The molecule has 0 spiro atoms. The molecule has 1 N–H and O–H groups in total. The number of oxime groups is 1. The van der Waals surface area contributed by atoms with Crippen LogP contribution in [0.15, 0.2) is 29.4 Å². The van der Waals surface area contributed by atoms with E-state index in [4.69, 9.17) is 4.84 Å². The highest BCUT2D eigenvalue weighted by Crippen LogP contribution is 2.25. The van der Waals surface area contributed by atoms with Crippen LogP contribution < -0.4 is 5.32 Å². The molecule has 2 heterocycles. The highest BCUT2D eigenvalue weighted by Gasteiger charge is 2.34. The Morgan fingerprint density at radius 3 is 2.55 bits per heavy atom. The number of benzene rings is 1. The maximum absolute atomic E-state index is 12.9. The molecule has 1 aromatic carbocycles. The molecule has 1 atom stereocenters. The highest BCUT2D eigenvalue weighted by atomic mass is 19.1. The van der Waals surface area contributed by atoms with Crippen LogP contribution in [0.3, 0.4) is 0 Å². The zero-order valence-corrected chi connectivity index (χ0v) is 17.2. The number of piperidine rings is 1. The molecular formula is C22H30FN3O3. The van der Waals surface area contributed by atoms with Crippen molar-refractivity contribution in [3.05, 3.63) is 35.6 Å². The Hall–Kier alpha value is -2.44. The summed E-state index contributed by atoms with van der Waals surface area (Å²) in [5.74, 6) is 0.498. The minimum Gasteiger partial charge on any atom is -0.382 e. The molecule has 0 radical (unpaired) electrons. The normalized spacial score (nSPS) is 19.8. The van der Waals surface area contributed by atoms with Gasteiger partial charge in [-0.15, -0.1) is 0 Å². The molecule has 0 aromatic heterocycles. The smallest absolute Gasteiger partial charge is 0.266 e. The summed E-state index contributed by atoms with van der Waals surface area (Å²) in [6.45, 7) is 5.93. The summed E-state index contributed by atoms with van der Waals surface area (Å²) in [6.07, 6.45) is 3.21. The van der Waals surface area contributed by atoms with Crippen molar-refractivity contribution in [2.24, 2.45) is 17.0 Å². The van der Waals surface area contributed by atoms with Crippen molar-refractivity contribution in [1.82, 2.24) is 10.2 Å². The van der Waals surface area contributed by atoms with Gasteiger partial charge in [0.2, 0.25) is 12.0 Å². The van der Waals surface area contributed by atoms with Crippen LogP contribution in [-0.2, 0) is 21.0 Å². The fourth-order valence-electron chi connectivity index (χ4n) is 3.74. The minimum atomic E-state index is -0.471. The standard InChI is InChI=1S/C22H30FN3O3/c1-15(2)19-13-20(29-25-19)22(28)26-11-9-16(10-12-26)5-8-21(27)24-14-17-3-6-18(23)7-4-17/h3-4,6-7,15-16,20H,5,8-14H2,1-2H3,(H,24,27)/t20-/m0/s1. The van der Waals surface area contributed by atoms with Gasteiger partial charge in [-0.25, -0.2) is 4.39 Å². The Bertz CT molecular complexity index is 740. The molecule has 0 unspecified atom stereocenters. The summed E-state index contributed by atoms with van der Waals surface area (Å²) < 4.78 is 12.9. The van der Waals surface area contributed by atoms with Crippen molar-refractivity contribution in [3.8, 4) is 0 Å². The number of nitrogens with zero attached hydrogens (tertiary/aromatic N) is 2. The topological polar surface area (TPSA) is 71.0 Å². The largest absolute Gasteiger partial charge is 0.382 e. The molecular weight excluding hydrogens is 373 g/mol. The average molecular weight is 403 g/mol. The first-order valence-electron chi connectivity index (χ1n) is 10.4. The van der Waals surface area contributed by atoms with Gasteiger partial charge in [-0.2, -0.15) is 0 Å². The van der Waals surface area contributed by atoms with Crippen LogP contribution in [-0.4, -0.2) is 41.6 Å². The molecule has 158 valence electrons. The maximum Gasteiger partial charge on any atom is 0.266 e. The molecule has 3 rings (SSSR count). The van der Waals surface area contributed by atoms with Crippen LogP contribution in [0.1, 0.15) is 51.5 Å². The number of hydrogen-bond donors (Lipinski definition) is 1. The Labute approximate surface area is 171 Å². The lowest BCUT2D eigenvalue weighted by molar-refractivity contribution is -0.143. The summed E-state index contributed by atoms with van der Waals surface area (Å²) >= 11 is 0. The third-order valence-corrected chi connectivity index (χ3v) is 5.74. The molecule has 1 fully saturated rings. The quantitative estimate of drug-likeness (QED) is 0.760. The lowest BCUT2D eigenvalue weighted by atomic mass is 9.91. The first-order valence-corrected chi connectivity index (χ1v) is 10.4. The van der Waals surface area contributed by atoms with Gasteiger partial charge >= 0.3 is 0 Å². The van der Waals surface area contributed by atoms with E-state index in [1.807, 2.05) is 4.90 Å². The van der Waals surface area contributed by atoms with Crippen molar-refractivity contribution in [3.63, 3.8) is 0 Å². The SMILES string of the molecule is CC(C)C1=NO[C@H](C(=O)N2CCC(CCC(=O)NCc3ccc(F)cc3)CC2)C1. The number of rotatable bonds is 7. The van der Waals surface area contributed by atoms with Gasteiger partial charge in [-0.1, -0.05) is 31.1 Å². The number of halogens is 1. The molecule has 29 heavy (non-hydrogen) atoms. The van der Waals surface area contributed by atoms with Gasteiger partial charge in [0.15, 0.2) is 0 Å². The van der Waals surface area contributed by atoms with Gasteiger partial charge in [-0.3, -0.25) is 9.59 Å². The second kappa shape index (κ2) is 9.85. The van der Waals surface area contributed by atoms with Crippen LogP contribution in [0.25, 0.3) is 0 Å². The van der Waals surface area contributed by atoms with E-state index in [2.05, 4.69) is 24.3 Å². The van der Waals surface area contributed by atoms with Crippen LogP contribution >= 0.6 is 0 Å². The summed E-state index contributed by atoms with van der Waals surface area (Å²) in [7, 11) is 0. The number of carbonyl (C=O) groups is 2. The van der Waals surface area contributed by atoms with Crippen molar-refractivity contribution >= 4 is 17.5 Å². The van der Waals surface area contributed by atoms with Gasteiger partial charge in [0.25, 0.3) is 5.91 Å². The molecule has 0 aliphatic carbocycles. The summed E-state index contributed by atoms with van der Waals surface area (Å²) in [4.78, 5) is 31.9. The lowest BCUT2D eigenvalue weighted by Gasteiger charge is -2.33. The number of likely N-dealkylation sites (tertiary alicyclic amines) is 1. The second-order valence-electron chi connectivity index (χ2n) is 8.25. The first-order chi connectivity index (χ1) is 13.9. The van der Waals surface area contributed by atoms with Gasteiger partial charge in [0.1, 0.15) is 5.82 Å². The van der Waals surface area contributed by atoms with E-state index in [1.54, 1.807) is 12.1 Å². The van der Waals surface area contributed by atoms with E-state index in [0.29, 0.717) is 44.3 Å². The van der Waals surface area contributed by atoms with Crippen molar-refractivity contribution in [2.75, 3.05) is 13.1 Å². The van der Waals surface area contributed by atoms with E-state index in [1.165, 1.54) is 12.1 Å². The van der Waals surface area contributed by atoms with Crippen LogP contribution in [0.5, 0.6) is 0 Å². The highest BCUT2D eigenvalue weighted by molar-refractivity contribution is 5.93. The Kier molecular flexibility index (Phi) is 7.23. The summed E-state index contributed by atoms with van der Waals surface area (Å²) in [5, 5.41) is 6.93. The molecule has 2 aliphatic rings. The van der Waals surface area contributed by atoms with Crippen LogP contribution in [0.2, 0.25) is 0 Å². The monoisotopic (exact) mass is 403 g/mol. The van der Waals surface area contributed by atoms with Crippen molar-refractivity contribution in [1.29, 1.82) is 0 Å². The molecule has 2 aliphatic heterocycles. The minimum absolute atomic E-state index is 0.00514. The molecule has 6 nitrogen and oxygen atoms in total. The fourth-order valence-corrected chi connectivity index (χ4v) is 3.74. The predicted octanol–water partition coefficient (Wildman–Crippen LogP) is 3.26. The fraction of sp³-hybridized carbons (Fsp3) is 0.591. The van der Waals surface area contributed by atoms with Gasteiger partial charge < -0.3 is 15.1 Å². The van der Waals surface area contributed by atoms with Gasteiger partial charge in [-0.05, 0) is 48.8 Å². The molecule has 1 saturated heterocycles. The van der Waals surface area contributed by atoms with E-state index >= 15 is 0 Å². The maximum atomic E-state index is 12.9. The predicted molar refractivity (Wildman–Crippen MR) is 109 cm³/mol. The van der Waals surface area contributed by atoms with E-state index in [0.717, 1.165) is 30.5 Å². The Balaban J connectivity index is 1.33. The Morgan fingerprint density at radius 1 is 1.24 bits per heavy atom. The molecule has 2 amide bonds.